The summed E-state index contributed by atoms with van der Waals surface area (Å²) in [6.45, 7) is 3.92. The van der Waals surface area contributed by atoms with Gasteiger partial charge in [-0.15, -0.1) is 0 Å². The topological polar surface area (TPSA) is 148 Å². The van der Waals surface area contributed by atoms with Crippen LogP contribution < -0.4 is 16.4 Å². The van der Waals surface area contributed by atoms with Gasteiger partial charge in [0.05, 0.1) is 22.1 Å². The van der Waals surface area contributed by atoms with Gasteiger partial charge in [0.1, 0.15) is 11.6 Å². The highest BCUT2D eigenvalue weighted by Gasteiger charge is 2.27. The molecule has 2 aliphatic heterocycles. The van der Waals surface area contributed by atoms with Gasteiger partial charge in [0.2, 0.25) is 11.9 Å². The molecule has 61 heavy (non-hydrogen) atoms. The van der Waals surface area contributed by atoms with Crippen molar-refractivity contribution in [2.75, 3.05) is 33.2 Å². The van der Waals surface area contributed by atoms with Crippen LogP contribution in [0.25, 0.3) is 34.0 Å². The Morgan fingerprint density at radius 2 is 1.00 bits per heavy atom. The minimum absolute atomic E-state index is 0.0601. The molecule has 0 unspecified atom stereocenters. The quantitative estimate of drug-likeness (QED) is 0.0986. The summed E-state index contributed by atoms with van der Waals surface area (Å²) in [5, 5.41) is 10.1. The predicted molar refractivity (Wildman–Crippen MR) is 234 cm³/mol. The van der Waals surface area contributed by atoms with E-state index in [1.165, 1.54) is 28.9 Å². The van der Waals surface area contributed by atoms with E-state index in [0.29, 0.717) is 49.4 Å². The smallest absolute Gasteiger partial charge is 0.277 e. The molecule has 4 aromatic heterocycles. The van der Waals surface area contributed by atoms with E-state index in [4.69, 9.17) is 0 Å². The van der Waals surface area contributed by atoms with Gasteiger partial charge in [-0.25, -0.2) is 18.7 Å². The number of aromatic nitrogens is 8. The van der Waals surface area contributed by atoms with Crippen LogP contribution in [0.5, 0.6) is 0 Å². The van der Waals surface area contributed by atoms with Crippen LogP contribution in [0.3, 0.4) is 0 Å². The van der Waals surface area contributed by atoms with E-state index < -0.39 is 0 Å². The highest BCUT2D eigenvalue weighted by Crippen LogP contribution is 2.30. The van der Waals surface area contributed by atoms with Crippen molar-refractivity contribution in [3.63, 3.8) is 0 Å². The Morgan fingerprint density at radius 1 is 0.574 bits per heavy atom. The standard InChI is InChI=1S/C24H26FN5O.C23H24FN5O/c1-29-14-12-17(13-15-29)22-19(11-8-16-6-9-18(25)10-7-16)23(31)30(28-22)24-26-20-4-2-3-5-21(20)27-24;24-17-8-5-15(6-9-17)7-10-18-21(16-11-13-25-14-12-16)28-29(22(18)30)23-26-19-3-1-2-4-20(19)27-23/h2-7,9-10,17,28H,8,11-15H2,1H3,(H,26,27);1-6,8-9,16,25,28H,7,10-14H2,(H,26,27). The average Bonchev–Trinajstić information content (AvgIpc) is 4.07. The molecular formula is C47H50F2N10O2. The Labute approximate surface area is 351 Å². The molecule has 0 saturated carbocycles. The van der Waals surface area contributed by atoms with Crippen LogP contribution in [0.15, 0.2) is 107 Å². The zero-order valence-electron chi connectivity index (χ0n) is 34.2. The zero-order valence-corrected chi connectivity index (χ0v) is 34.2. The Balaban J connectivity index is 0.000000156. The minimum atomic E-state index is -0.247. The number of H-pyrrole nitrogens is 4. The van der Waals surface area contributed by atoms with E-state index >= 15 is 0 Å². The molecule has 14 heteroatoms. The van der Waals surface area contributed by atoms with Gasteiger partial charge in [-0.2, -0.15) is 9.36 Å². The normalized spacial score (nSPS) is 15.4. The van der Waals surface area contributed by atoms with Crippen molar-refractivity contribution < 1.29 is 8.78 Å². The maximum absolute atomic E-state index is 13.5. The van der Waals surface area contributed by atoms with Crippen LogP contribution >= 0.6 is 0 Å². The van der Waals surface area contributed by atoms with Gasteiger partial charge in [0.15, 0.2) is 0 Å². The fourth-order valence-electron chi connectivity index (χ4n) is 8.77. The maximum atomic E-state index is 13.5. The van der Waals surface area contributed by atoms with Crippen molar-refractivity contribution in [2.24, 2.45) is 0 Å². The van der Waals surface area contributed by atoms with E-state index in [2.05, 4.69) is 47.4 Å². The van der Waals surface area contributed by atoms with Crippen molar-refractivity contribution in [2.45, 2.75) is 63.2 Å². The summed E-state index contributed by atoms with van der Waals surface area (Å²) in [7, 11) is 2.13. The lowest BCUT2D eigenvalue weighted by Crippen LogP contribution is -2.29. The average molecular weight is 825 g/mol. The number of benzene rings is 4. The largest absolute Gasteiger partial charge is 0.322 e. The highest BCUT2D eigenvalue weighted by atomic mass is 19.1. The second-order valence-electron chi connectivity index (χ2n) is 16.3. The Hall–Kier alpha value is -6.38. The molecule has 2 saturated heterocycles. The van der Waals surface area contributed by atoms with E-state index in [-0.39, 0.29) is 22.8 Å². The molecule has 6 heterocycles. The number of imidazole rings is 2. The lowest BCUT2D eigenvalue weighted by atomic mass is 9.90. The van der Waals surface area contributed by atoms with Crippen molar-refractivity contribution in [3.8, 4) is 11.9 Å². The fourth-order valence-corrected chi connectivity index (χ4v) is 8.77. The van der Waals surface area contributed by atoms with Crippen LogP contribution in [0.2, 0.25) is 0 Å². The van der Waals surface area contributed by atoms with E-state index in [9.17, 15) is 18.4 Å². The number of fused-ring (bicyclic) bond motifs is 2. The van der Waals surface area contributed by atoms with Gasteiger partial charge >= 0.3 is 0 Å². The number of nitrogens with zero attached hydrogens (tertiary/aromatic N) is 5. The second kappa shape index (κ2) is 17.7. The molecule has 314 valence electrons. The van der Waals surface area contributed by atoms with Gasteiger partial charge in [0.25, 0.3) is 11.1 Å². The number of para-hydroxylation sites is 4. The van der Waals surface area contributed by atoms with Crippen molar-refractivity contribution in [1.29, 1.82) is 0 Å². The van der Waals surface area contributed by atoms with Gasteiger partial charge < -0.3 is 20.2 Å². The summed E-state index contributed by atoms with van der Waals surface area (Å²) in [6.07, 6.45) is 6.59. The van der Waals surface area contributed by atoms with Crippen LogP contribution in [0.1, 0.15) is 71.2 Å². The van der Waals surface area contributed by atoms with Crippen LogP contribution in [0.4, 0.5) is 8.78 Å². The molecule has 2 aliphatic rings. The van der Waals surface area contributed by atoms with Crippen molar-refractivity contribution >= 4 is 22.1 Å². The van der Waals surface area contributed by atoms with Crippen molar-refractivity contribution in [3.05, 3.63) is 163 Å². The summed E-state index contributed by atoms with van der Waals surface area (Å²) in [4.78, 5) is 44.9. The molecule has 0 atom stereocenters. The molecule has 4 aromatic carbocycles. The third kappa shape index (κ3) is 8.77. The fraction of sp³-hybridized carbons (Fsp3) is 0.319. The zero-order chi connectivity index (χ0) is 41.9. The Morgan fingerprint density at radius 3 is 1.44 bits per heavy atom. The molecule has 5 N–H and O–H groups in total. The number of piperidine rings is 2. The molecule has 0 spiro atoms. The third-order valence-electron chi connectivity index (χ3n) is 12.2. The number of aryl methyl sites for hydroxylation is 2. The SMILES string of the molecule is CN1CCC(c2[nH]n(-c3nc4ccccc4[nH]3)c(=O)c2CCc2ccc(F)cc2)CC1.O=c1c(CCc2ccc(F)cc2)c(C2CCNCC2)[nH]n1-c1nc2ccccc2[nH]1. The highest BCUT2D eigenvalue weighted by molar-refractivity contribution is 5.76. The summed E-state index contributed by atoms with van der Waals surface area (Å²) >= 11 is 0. The van der Waals surface area contributed by atoms with E-state index in [0.717, 1.165) is 108 Å². The first-order valence-corrected chi connectivity index (χ1v) is 21.2. The predicted octanol–water partition coefficient (Wildman–Crippen LogP) is 7.21. The van der Waals surface area contributed by atoms with Gasteiger partial charge in [-0.1, -0.05) is 48.5 Å². The van der Waals surface area contributed by atoms with Gasteiger partial charge in [-0.3, -0.25) is 19.8 Å². The third-order valence-corrected chi connectivity index (χ3v) is 12.2. The maximum Gasteiger partial charge on any atom is 0.277 e. The van der Waals surface area contributed by atoms with Crippen LogP contribution in [-0.2, 0) is 25.7 Å². The number of hydrogen-bond acceptors (Lipinski definition) is 6. The molecular weight excluding hydrogens is 775 g/mol. The number of halogens is 2. The number of aromatic amines is 4. The molecule has 10 rings (SSSR count). The molecule has 0 amide bonds. The molecule has 12 nitrogen and oxygen atoms in total. The molecule has 0 radical (unpaired) electrons. The van der Waals surface area contributed by atoms with E-state index in [1.54, 1.807) is 28.9 Å². The molecule has 8 aromatic rings. The first-order valence-electron chi connectivity index (χ1n) is 21.2. The summed E-state index contributed by atoms with van der Waals surface area (Å²) in [5.41, 5.74) is 8.97. The number of rotatable bonds is 10. The first-order chi connectivity index (χ1) is 29.8. The van der Waals surface area contributed by atoms with Gasteiger partial charge in [-0.05, 0) is 144 Å². The Bertz CT molecular complexity index is 2790. The minimum Gasteiger partial charge on any atom is -0.322 e. The number of hydrogen-bond donors (Lipinski definition) is 5. The molecule has 0 aliphatic carbocycles. The number of nitrogens with one attached hydrogen (secondary N) is 5. The van der Waals surface area contributed by atoms with Gasteiger partial charge in [0, 0.05) is 34.4 Å². The lowest BCUT2D eigenvalue weighted by Gasteiger charge is -2.28. The number of likely N-dealkylation sites (tertiary alicyclic amines) is 1. The van der Waals surface area contributed by atoms with E-state index in [1.807, 2.05) is 48.5 Å². The second-order valence-corrected chi connectivity index (χ2v) is 16.3. The summed E-state index contributed by atoms with van der Waals surface area (Å²) in [5.74, 6) is 1.15. The van der Waals surface area contributed by atoms with Crippen LogP contribution in [0, 0.1) is 11.6 Å². The summed E-state index contributed by atoms with van der Waals surface area (Å²) < 4.78 is 29.6. The van der Waals surface area contributed by atoms with Crippen LogP contribution in [-0.4, -0.2) is 77.6 Å². The lowest BCUT2D eigenvalue weighted by molar-refractivity contribution is 0.252. The molecule has 0 bridgehead atoms. The monoisotopic (exact) mass is 824 g/mol. The Kier molecular flexibility index (Phi) is 11.6. The first kappa shape index (κ1) is 40.0. The molecule has 2 fully saturated rings. The summed E-state index contributed by atoms with van der Waals surface area (Å²) in [6, 6.07) is 28.5. The van der Waals surface area contributed by atoms with Crippen molar-refractivity contribution in [1.82, 2.24) is 49.7 Å².